The van der Waals surface area contributed by atoms with Crippen LogP contribution in [0.5, 0.6) is 0 Å². The van der Waals surface area contributed by atoms with Crippen molar-refractivity contribution in [3.63, 3.8) is 0 Å². The summed E-state index contributed by atoms with van der Waals surface area (Å²) in [7, 11) is -3.52. The van der Waals surface area contributed by atoms with E-state index in [1.54, 1.807) is 17.1 Å². The van der Waals surface area contributed by atoms with Gasteiger partial charge in [-0.2, -0.15) is 5.10 Å². The third kappa shape index (κ3) is 3.72. The smallest absolute Gasteiger partial charge is 0.243 e. The first-order valence-electron chi connectivity index (χ1n) is 7.15. The van der Waals surface area contributed by atoms with Crippen molar-refractivity contribution in [1.29, 1.82) is 0 Å². The minimum atomic E-state index is -3.52. The van der Waals surface area contributed by atoms with Gasteiger partial charge in [0.25, 0.3) is 0 Å². The van der Waals surface area contributed by atoms with E-state index >= 15 is 0 Å². The van der Waals surface area contributed by atoms with E-state index in [1.807, 2.05) is 5.38 Å². The van der Waals surface area contributed by atoms with Gasteiger partial charge in [-0.3, -0.25) is 4.68 Å². The Kier molecular flexibility index (Phi) is 4.87. The van der Waals surface area contributed by atoms with E-state index in [1.165, 1.54) is 17.5 Å². The number of hydrogen-bond donors (Lipinski definition) is 1. The highest BCUT2D eigenvalue weighted by Crippen LogP contribution is 2.21. The zero-order chi connectivity index (χ0) is 15.4. The highest BCUT2D eigenvalue weighted by molar-refractivity contribution is 7.89. The second-order valence-electron chi connectivity index (χ2n) is 5.07. The Hall–Kier alpha value is -1.29. The molecule has 0 radical (unpaired) electrons. The summed E-state index contributed by atoms with van der Waals surface area (Å²) in [6.45, 7) is 1.72. The maximum absolute atomic E-state index is 12.3. The molecule has 2 aromatic rings. The van der Waals surface area contributed by atoms with Gasteiger partial charge < -0.3 is 4.74 Å². The van der Waals surface area contributed by atoms with E-state index in [4.69, 9.17) is 4.74 Å². The Bertz CT molecular complexity index is 691. The van der Waals surface area contributed by atoms with E-state index in [9.17, 15) is 8.42 Å². The van der Waals surface area contributed by atoms with Gasteiger partial charge in [0.1, 0.15) is 4.90 Å². The number of ether oxygens (including phenoxy) is 1. The summed E-state index contributed by atoms with van der Waals surface area (Å²) in [5, 5.41) is 6.99. The normalized spacial score (nSPS) is 16.9. The van der Waals surface area contributed by atoms with Gasteiger partial charge in [0.05, 0.1) is 17.2 Å². The quantitative estimate of drug-likeness (QED) is 0.853. The molecule has 0 saturated carbocycles. The monoisotopic (exact) mass is 342 g/mol. The van der Waals surface area contributed by atoms with Crippen molar-refractivity contribution in [2.45, 2.75) is 30.2 Å². The van der Waals surface area contributed by atoms with E-state index in [-0.39, 0.29) is 10.9 Å². The second-order valence-corrected chi connectivity index (χ2v) is 7.82. The summed E-state index contributed by atoms with van der Waals surface area (Å²) < 4.78 is 34.1. The van der Waals surface area contributed by atoms with Crippen LogP contribution in [0, 0.1) is 0 Å². The zero-order valence-corrected chi connectivity index (χ0v) is 13.6. The van der Waals surface area contributed by atoms with Gasteiger partial charge in [0, 0.05) is 44.0 Å². The average molecular weight is 342 g/mol. The Morgan fingerprint density at radius 1 is 1.41 bits per heavy atom. The van der Waals surface area contributed by atoms with Crippen LogP contribution >= 0.6 is 11.3 Å². The zero-order valence-electron chi connectivity index (χ0n) is 12.0. The highest BCUT2D eigenvalue weighted by Gasteiger charge is 2.21. The molecule has 3 heterocycles. The number of rotatable bonds is 6. The molecule has 0 atom stereocenters. The molecule has 9 heteroatoms. The number of nitrogens with one attached hydrogen (secondary N) is 1. The largest absolute Gasteiger partial charge is 0.381 e. The van der Waals surface area contributed by atoms with Gasteiger partial charge in [-0.1, -0.05) is 0 Å². The van der Waals surface area contributed by atoms with Crippen LogP contribution in [0.3, 0.4) is 0 Å². The lowest BCUT2D eigenvalue weighted by Crippen LogP contribution is -2.25. The van der Waals surface area contributed by atoms with Crippen molar-refractivity contribution in [1.82, 2.24) is 19.5 Å². The van der Waals surface area contributed by atoms with Crippen molar-refractivity contribution in [3.8, 4) is 0 Å². The highest BCUT2D eigenvalue weighted by atomic mass is 32.2. The molecule has 3 rings (SSSR count). The molecule has 0 aromatic carbocycles. The number of nitrogens with zero attached hydrogens (tertiary/aromatic N) is 3. The summed E-state index contributed by atoms with van der Waals surface area (Å²) in [6, 6.07) is 0.216. The molecular weight excluding hydrogens is 324 g/mol. The molecule has 2 aromatic heterocycles. The van der Waals surface area contributed by atoms with Gasteiger partial charge in [-0.15, -0.1) is 11.3 Å². The first kappa shape index (κ1) is 15.6. The van der Waals surface area contributed by atoms with Crippen LogP contribution in [0.15, 0.2) is 28.9 Å². The topological polar surface area (TPSA) is 86.1 Å². The molecule has 22 heavy (non-hydrogen) atoms. The molecule has 0 spiro atoms. The molecule has 0 aliphatic carbocycles. The fraction of sp³-hybridized carbons (Fsp3) is 0.538. The Morgan fingerprint density at radius 3 is 2.95 bits per heavy atom. The Labute approximate surface area is 133 Å². The predicted molar refractivity (Wildman–Crippen MR) is 82.3 cm³/mol. The number of hydrogen-bond acceptors (Lipinski definition) is 6. The van der Waals surface area contributed by atoms with E-state index < -0.39 is 10.0 Å². The number of aromatic nitrogens is 3. The van der Waals surface area contributed by atoms with Gasteiger partial charge in [0.15, 0.2) is 0 Å². The molecule has 0 unspecified atom stereocenters. The third-order valence-corrected chi connectivity index (χ3v) is 5.82. The Morgan fingerprint density at radius 2 is 2.23 bits per heavy atom. The van der Waals surface area contributed by atoms with Gasteiger partial charge >= 0.3 is 0 Å². The third-order valence-electron chi connectivity index (χ3n) is 3.57. The average Bonchev–Trinajstić information content (AvgIpc) is 3.20. The van der Waals surface area contributed by atoms with Crippen LogP contribution in [0.4, 0.5) is 0 Å². The van der Waals surface area contributed by atoms with Crippen LogP contribution in [0.2, 0.25) is 0 Å². The summed E-state index contributed by atoms with van der Waals surface area (Å²) >= 11 is 1.52. The van der Waals surface area contributed by atoms with Crippen molar-refractivity contribution >= 4 is 21.4 Å². The number of sulfonamides is 1. The maximum atomic E-state index is 12.3. The summed E-state index contributed by atoms with van der Waals surface area (Å²) in [5.41, 5.74) is 0. The van der Waals surface area contributed by atoms with Crippen molar-refractivity contribution in [3.05, 3.63) is 29.0 Å². The fourth-order valence-electron chi connectivity index (χ4n) is 2.36. The lowest BCUT2D eigenvalue weighted by atomic mass is 10.1. The van der Waals surface area contributed by atoms with Crippen LogP contribution in [0.25, 0.3) is 0 Å². The molecule has 0 amide bonds. The van der Waals surface area contributed by atoms with Crippen molar-refractivity contribution in [2.75, 3.05) is 19.8 Å². The molecule has 1 aliphatic heterocycles. The number of thiazole rings is 1. The molecule has 120 valence electrons. The molecule has 1 saturated heterocycles. The van der Waals surface area contributed by atoms with Crippen molar-refractivity contribution in [2.24, 2.45) is 0 Å². The minimum absolute atomic E-state index is 0.207. The van der Waals surface area contributed by atoms with E-state index in [0.29, 0.717) is 26.2 Å². The SMILES string of the molecule is O=S(=O)(NCCc1nccs1)c1cnn(C2CCOCC2)c1. The van der Waals surface area contributed by atoms with Crippen molar-refractivity contribution < 1.29 is 13.2 Å². The first-order valence-corrected chi connectivity index (χ1v) is 9.51. The summed E-state index contributed by atoms with van der Waals surface area (Å²) in [6.07, 6.45) is 7.03. The lowest BCUT2D eigenvalue weighted by molar-refractivity contribution is 0.0662. The lowest BCUT2D eigenvalue weighted by Gasteiger charge is -2.22. The second kappa shape index (κ2) is 6.86. The van der Waals surface area contributed by atoms with Gasteiger partial charge in [-0.05, 0) is 12.8 Å². The molecule has 0 bridgehead atoms. The Balaban J connectivity index is 1.60. The molecule has 7 nitrogen and oxygen atoms in total. The maximum Gasteiger partial charge on any atom is 0.243 e. The predicted octanol–water partition coefficient (Wildman–Crippen LogP) is 1.21. The van der Waals surface area contributed by atoms with Gasteiger partial charge in [0.2, 0.25) is 10.0 Å². The first-order chi connectivity index (χ1) is 10.6. The fourth-order valence-corrected chi connectivity index (χ4v) is 3.95. The van der Waals surface area contributed by atoms with E-state index in [0.717, 1.165) is 17.8 Å². The standard InChI is InChI=1S/C13H18N4O3S2/c18-22(19,16-4-1-13-14-5-8-21-13)12-9-15-17(10-12)11-2-6-20-7-3-11/h5,8-11,16H,1-4,6-7H2. The summed E-state index contributed by atoms with van der Waals surface area (Å²) in [5.74, 6) is 0. The molecular formula is C13H18N4O3S2. The minimum Gasteiger partial charge on any atom is -0.381 e. The van der Waals surface area contributed by atoms with Crippen LogP contribution in [0.1, 0.15) is 23.9 Å². The van der Waals surface area contributed by atoms with Gasteiger partial charge in [-0.25, -0.2) is 18.1 Å². The molecule has 1 fully saturated rings. The molecule has 1 aliphatic rings. The van der Waals surface area contributed by atoms with Crippen LogP contribution < -0.4 is 4.72 Å². The van der Waals surface area contributed by atoms with E-state index in [2.05, 4.69) is 14.8 Å². The van der Waals surface area contributed by atoms with Crippen LogP contribution in [-0.2, 0) is 21.2 Å². The van der Waals surface area contributed by atoms with Crippen LogP contribution in [-0.4, -0.2) is 42.9 Å². The molecule has 1 N–H and O–H groups in total. The summed E-state index contributed by atoms with van der Waals surface area (Å²) in [4.78, 5) is 4.34.